The highest BCUT2D eigenvalue weighted by Crippen LogP contribution is 2.66. The lowest BCUT2D eigenvalue weighted by Crippen LogP contribution is -2.64. The molecule has 4 aliphatic carbocycles. The predicted molar refractivity (Wildman–Crippen MR) is 98.5 cm³/mol. The zero-order valence-corrected chi connectivity index (χ0v) is 16.1. The van der Waals surface area contributed by atoms with E-state index in [1.54, 1.807) is 0 Å². The first-order chi connectivity index (χ1) is 11.3. The van der Waals surface area contributed by atoms with Crippen molar-refractivity contribution in [2.24, 2.45) is 35.0 Å². The highest BCUT2D eigenvalue weighted by Gasteiger charge is 2.64. The molecule has 2 heteroatoms. The van der Waals surface area contributed by atoms with E-state index in [-0.39, 0.29) is 11.6 Å². The van der Waals surface area contributed by atoms with Crippen molar-refractivity contribution in [3.8, 4) is 0 Å². The molecule has 0 heterocycles. The van der Waals surface area contributed by atoms with Crippen LogP contribution in [0.15, 0.2) is 12.7 Å². The third kappa shape index (κ3) is 2.95. The molecule has 24 heavy (non-hydrogen) atoms. The van der Waals surface area contributed by atoms with Gasteiger partial charge in [0.2, 0.25) is 0 Å². The van der Waals surface area contributed by atoms with Gasteiger partial charge in [0.1, 0.15) is 5.60 Å². The Morgan fingerprint density at radius 3 is 2.33 bits per heavy atom. The van der Waals surface area contributed by atoms with Gasteiger partial charge >= 0.3 is 5.97 Å². The van der Waals surface area contributed by atoms with Gasteiger partial charge in [-0.1, -0.05) is 47.1 Å². The highest BCUT2D eigenvalue weighted by molar-refractivity contribution is 5.81. The molecule has 0 amide bonds. The minimum Gasteiger partial charge on any atom is -0.455 e. The van der Waals surface area contributed by atoms with Gasteiger partial charge in [-0.05, 0) is 61.7 Å². The number of carbonyl (C=O) groups excluding carboxylic acids is 1. The van der Waals surface area contributed by atoms with Gasteiger partial charge in [-0.3, -0.25) is 0 Å². The lowest BCUT2D eigenvalue weighted by molar-refractivity contribution is -0.238. The summed E-state index contributed by atoms with van der Waals surface area (Å²) >= 11 is 0. The molecule has 2 nitrogen and oxygen atoms in total. The summed E-state index contributed by atoms with van der Waals surface area (Å²) in [5, 5.41) is 0. The molecule has 0 aromatic heterocycles. The zero-order chi connectivity index (χ0) is 17.5. The molecule has 0 saturated heterocycles. The van der Waals surface area contributed by atoms with Crippen LogP contribution in [0, 0.1) is 35.0 Å². The summed E-state index contributed by atoms with van der Waals surface area (Å²) in [6.07, 6.45) is 11.4. The van der Waals surface area contributed by atoms with E-state index in [1.165, 1.54) is 57.4 Å². The quantitative estimate of drug-likeness (QED) is 0.437. The second kappa shape index (κ2) is 6.50. The summed E-state index contributed by atoms with van der Waals surface area (Å²) in [7, 11) is 0. The van der Waals surface area contributed by atoms with Crippen molar-refractivity contribution < 1.29 is 9.53 Å². The third-order valence-corrected chi connectivity index (χ3v) is 7.78. The van der Waals surface area contributed by atoms with Crippen LogP contribution in [-0.2, 0) is 9.53 Å². The second-order valence-electron chi connectivity index (χ2n) is 9.62. The molecule has 4 rings (SSSR count). The smallest absolute Gasteiger partial charge is 0.330 e. The van der Waals surface area contributed by atoms with Crippen LogP contribution in [-0.4, -0.2) is 11.6 Å². The monoisotopic (exact) mass is 332 g/mol. The maximum absolute atomic E-state index is 12.2. The van der Waals surface area contributed by atoms with Crippen LogP contribution in [0.2, 0.25) is 0 Å². The topological polar surface area (TPSA) is 26.3 Å². The SMILES string of the molecule is C=CC(=O)OC1(C(C)CCC(C)CC)C2CC3CC1CC(C)(C3)C2. The van der Waals surface area contributed by atoms with Crippen molar-refractivity contribution in [3.05, 3.63) is 12.7 Å². The van der Waals surface area contributed by atoms with E-state index < -0.39 is 0 Å². The molecule has 0 radical (unpaired) electrons. The Kier molecular flexibility index (Phi) is 4.88. The molecule has 4 bridgehead atoms. The molecular weight excluding hydrogens is 296 g/mol. The van der Waals surface area contributed by atoms with Crippen LogP contribution in [0.3, 0.4) is 0 Å². The Morgan fingerprint density at radius 1 is 1.21 bits per heavy atom. The fourth-order valence-electron chi connectivity index (χ4n) is 6.64. The fraction of sp³-hybridized carbons (Fsp3) is 0.864. The van der Waals surface area contributed by atoms with Crippen molar-refractivity contribution in [1.82, 2.24) is 0 Å². The lowest BCUT2D eigenvalue weighted by atomic mass is 9.43. The van der Waals surface area contributed by atoms with Crippen LogP contribution < -0.4 is 0 Å². The van der Waals surface area contributed by atoms with Gasteiger partial charge in [0.25, 0.3) is 0 Å². The van der Waals surface area contributed by atoms with E-state index >= 15 is 0 Å². The van der Waals surface area contributed by atoms with Crippen molar-refractivity contribution >= 4 is 5.97 Å². The number of hydrogen-bond acceptors (Lipinski definition) is 2. The largest absolute Gasteiger partial charge is 0.455 e. The molecular formula is C22H36O2. The Hall–Kier alpha value is -0.790. The normalized spacial score (nSPS) is 42.6. The number of ether oxygens (including phenoxy) is 1. The average molecular weight is 333 g/mol. The van der Waals surface area contributed by atoms with Crippen molar-refractivity contribution in [1.29, 1.82) is 0 Å². The van der Waals surface area contributed by atoms with Gasteiger partial charge in [0.05, 0.1) is 0 Å². The summed E-state index contributed by atoms with van der Waals surface area (Å²) in [6, 6.07) is 0. The third-order valence-electron chi connectivity index (χ3n) is 7.78. The molecule has 0 N–H and O–H groups in total. The van der Waals surface area contributed by atoms with Crippen LogP contribution in [0.1, 0.15) is 79.1 Å². The first kappa shape index (κ1) is 18.0. The summed E-state index contributed by atoms with van der Waals surface area (Å²) in [6.45, 7) is 13.1. The molecule has 0 aromatic carbocycles. The number of rotatable bonds is 7. The van der Waals surface area contributed by atoms with Crippen LogP contribution in [0.5, 0.6) is 0 Å². The molecule has 4 atom stereocenters. The Balaban J connectivity index is 1.86. The maximum atomic E-state index is 12.2. The van der Waals surface area contributed by atoms with E-state index in [1.807, 2.05) is 0 Å². The van der Waals surface area contributed by atoms with Gasteiger partial charge in [0.15, 0.2) is 0 Å². The van der Waals surface area contributed by atoms with E-state index in [2.05, 4.69) is 34.3 Å². The summed E-state index contributed by atoms with van der Waals surface area (Å²) in [5.41, 5.74) is 0.270. The fourth-order valence-corrected chi connectivity index (χ4v) is 6.64. The van der Waals surface area contributed by atoms with Crippen LogP contribution >= 0.6 is 0 Å². The van der Waals surface area contributed by atoms with Crippen molar-refractivity contribution in [2.45, 2.75) is 84.7 Å². The number of hydrogen-bond donors (Lipinski definition) is 0. The zero-order valence-electron chi connectivity index (χ0n) is 16.1. The van der Waals surface area contributed by atoms with Gasteiger partial charge in [-0.2, -0.15) is 0 Å². The second-order valence-corrected chi connectivity index (χ2v) is 9.62. The molecule has 0 aliphatic heterocycles. The Bertz CT molecular complexity index is 478. The molecule has 0 aromatic rings. The molecule has 4 unspecified atom stereocenters. The van der Waals surface area contributed by atoms with Gasteiger partial charge in [-0.25, -0.2) is 4.79 Å². The standard InChI is InChI=1S/C22H36O2/c1-6-15(3)8-9-16(4)22(24-20(23)7-2)18-10-17-11-19(22)14-21(5,12-17)13-18/h7,15-19H,2,6,8-14H2,1,3-5H3. The maximum Gasteiger partial charge on any atom is 0.330 e. The van der Waals surface area contributed by atoms with Gasteiger partial charge in [0, 0.05) is 17.9 Å². The molecule has 4 aliphatic rings. The Labute approximate surface area is 148 Å². The van der Waals surface area contributed by atoms with Crippen LogP contribution in [0.25, 0.3) is 0 Å². The van der Waals surface area contributed by atoms with E-state index in [0.29, 0.717) is 23.2 Å². The molecule has 0 spiro atoms. The predicted octanol–water partition coefficient (Wildman–Crippen LogP) is 5.76. The van der Waals surface area contributed by atoms with Gasteiger partial charge < -0.3 is 4.74 Å². The van der Waals surface area contributed by atoms with E-state index in [4.69, 9.17) is 4.74 Å². The number of esters is 1. The van der Waals surface area contributed by atoms with E-state index in [9.17, 15) is 4.79 Å². The minimum atomic E-state index is -0.227. The van der Waals surface area contributed by atoms with E-state index in [0.717, 1.165) is 11.8 Å². The van der Waals surface area contributed by atoms with Gasteiger partial charge in [-0.15, -0.1) is 0 Å². The summed E-state index contributed by atoms with van der Waals surface area (Å²) < 4.78 is 6.28. The highest BCUT2D eigenvalue weighted by atomic mass is 16.6. The van der Waals surface area contributed by atoms with Crippen molar-refractivity contribution in [3.63, 3.8) is 0 Å². The number of carbonyl (C=O) groups is 1. The first-order valence-electron chi connectivity index (χ1n) is 10.2. The molecule has 136 valence electrons. The lowest BCUT2D eigenvalue weighted by Gasteiger charge is -2.65. The molecule has 4 fully saturated rings. The summed E-state index contributed by atoms with van der Waals surface area (Å²) in [5.74, 6) is 2.99. The first-order valence-corrected chi connectivity index (χ1v) is 10.2. The van der Waals surface area contributed by atoms with Crippen molar-refractivity contribution in [2.75, 3.05) is 0 Å². The van der Waals surface area contributed by atoms with Crippen LogP contribution in [0.4, 0.5) is 0 Å². The average Bonchev–Trinajstić information content (AvgIpc) is 2.53. The minimum absolute atomic E-state index is 0.206. The Morgan fingerprint density at radius 2 is 1.83 bits per heavy atom. The molecule has 4 saturated carbocycles. The summed E-state index contributed by atoms with van der Waals surface area (Å²) in [4.78, 5) is 12.2.